The summed E-state index contributed by atoms with van der Waals surface area (Å²) in [5, 5.41) is 0.00705. The Kier molecular flexibility index (Phi) is 6.71. The van der Waals surface area contributed by atoms with E-state index in [2.05, 4.69) is 4.98 Å². The standard InChI is InChI=1S/C22H30N4O5S/c1-30-18-6-7-20(31-2)19(12-18)17-8-11-25(13-17)22(27)15-24-14-21(23-16-24)32(28,29)26-9-4-3-5-10-26/h6-7,12,14,16-17H,3-5,8-11,13,15H2,1-2H3/t17-/m1/s1. The second-order valence-electron chi connectivity index (χ2n) is 8.28. The molecule has 2 aliphatic heterocycles. The van der Waals surface area contributed by atoms with Crippen LogP contribution in [-0.4, -0.2) is 73.5 Å². The molecule has 32 heavy (non-hydrogen) atoms. The Morgan fingerprint density at radius 2 is 1.91 bits per heavy atom. The first-order chi connectivity index (χ1) is 15.4. The van der Waals surface area contributed by atoms with Gasteiger partial charge in [0.2, 0.25) is 5.91 Å². The molecule has 0 bridgehead atoms. The molecule has 0 spiro atoms. The molecule has 2 aromatic rings. The number of rotatable bonds is 7. The van der Waals surface area contributed by atoms with E-state index in [4.69, 9.17) is 9.47 Å². The minimum atomic E-state index is -3.60. The van der Waals surface area contributed by atoms with Gasteiger partial charge in [-0.05, 0) is 37.5 Å². The maximum absolute atomic E-state index is 12.9. The molecule has 1 aromatic carbocycles. The third kappa shape index (κ3) is 4.61. The van der Waals surface area contributed by atoms with Crippen molar-refractivity contribution in [1.82, 2.24) is 18.8 Å². The summed E-state index contributed by atoms with van der Waals surface area (Å²) >= 11 is 0. The number of hydrogen-bond acceptors (Lipinski definition) is 6. The number of sulfonamides is 1. The van der Waals surface area contributed by atoms with Gasteiger partial charge in [-0.15, -0.1) is 0 Å². The van der Waals surface area contributed by atoms with Gasteiger partial charge in [0.05, 0.1) is 20.5 Å². The second-order valence-corrected chi connectivity index (χ2v) is 10.2. The number of aromatic nitrogens is 2. The summed E-state index contributed by atoms with van der Waals surface area (Å²) in [6.07, 6.45) is 6.49. The lowest BCUT2D eigenvalue weighted by molar-refractivity contribution is -0.130. The van der Waals surface area contributed by atoms with Gasteiger partial charge >= 0.3 is 0 Å². The molecule has 1 amide bonds. The van der Waals surface area contributed by atoms with Crippen molar-refractivity contribution in [3.05, 3.63) is 36.3 Å². The van der Waals surface area contributed by atoms with E-state index in [1.54, 1.807) is 18.8 Å². The zero-order valence-corrected chi connectivity index (χ0v) is 19.4. The number of carbonyl (C=O) groups is 1. The molecule has 10 heteroatoms. The van der Waals surface area contributed by atoms with Crippen molar-refractivity contribution in [2.75, 3.05) is 40.4 Å². The number of nitrogens with zero attached hydrogens (tertiary/aromatic N) is 4. The predicted molar refractivity (Wildman–Crippen MR) is 118 cm³/mol. The van der Waals surface area contributed by atoms with Gasteiger partial charge in [-0.1, -0.05) is 6.42 Å². The van der Waals surface area contributed by atoms with E-state index in [1.807, 2.05) is 23.1 Å². The quantitative estimate of drug-likeness (QED) is 0.626. The monoisotopic (exact) mass is 462 g/mol. The van der Waals surface area contributed by atoms with Gasteiger partial charge in [0.15, 0.2) is 5.03 Å². The number of ether oxygens (including phenoxy) is 2. The molecule has 1 atom stereocenters. The van der Waals surface area contributed by atoms with Crippen molar-refractivity contribution in [3.63, 3.8) is 0 Å². The minimum absolute atomic E-state index is 0.00705. The Morgan fingerprint density at radius 1 is 1.12 bits per heavy atom. The van der Waals surface area contributed by atoms with Gasteiger partial charge in [-0.3, -0.25) is 4.79 Å². The maximum Gasteiger partial charge on any atom is 0.262 e. The molecular weight excluding hydrogens is 432 g/mol. The first-order valence-electron chi connectivity index (χ1n) is 10.9. The van der Waals surface area contributed by atoms with Crippen molar-refractivity contribution < 1.29 is 22.7 Å². The van der Waals surface area contributed by atoms with Crippen LogP contribution in [0.15, 0.2) is 35.7 Å². The Labute approximate surface area is 189 Å². The van der Waals surface area contributed by atoms with Crippen LogP contribution < -0.4 is 9.47 Å². The third-order valence-corrected chi connectivity index (χ3v) is 8.05. The second kappa shape index (κ2) is 9.50. The van der Waals surface area contributed by atoms with Crippen LogP contribution >= 0.6 is 0 Å². The van der Waals surface area contributed by atoms with E-state index < -0.39 is 10.0 Å². The van der Waals surface area contributed by atoms with Crippen molar-refractivity contribution in [1.29, 1.82) is 0 Å². The van der Waals surface area contributed by atoms with E-state index in [0.717, 1.165) is 42.7 Å². The van der Waals surface area contributed by atoms with Gasteiger partial charge in [0.1, 0.15) is 18.0 Å². The molecule has 0 radical (unpaired) electrons. The Bertz CT molecular complexity index is 1060. The molecule has 0 aliphatic carbocycles. The Hall–Kier alpha value is -2.59. The Balaban J connectivity index is 1.41. The molecule has 2 fully saturated rings. The highest BCUT2D eigenvalue weighted by Gasteiger charge is 2.31. The van der Waals surface area contributed by atoms with E-state index in [-0.39, 0.29) is 23.4 Å². The van der Waals surface area contributed by atoms with Gasteiger partial charge in [-0.25, -0.2) is 13.4 Å². The van der Waals surface area contributed by atoms with Gasteiger partial charge in [-0.2, -0.15) is 4.31 Å². The van der Waals surface area contributed by atoms with Crippen molar-refractivity contribution in [2.45, 2.75) is 43.2 Å². The third-order valence-electron chi connectivity index (χ3n) is 6.26. The van der Waals surface area contributed by atoms with Gasteiger partial charge in [0.25, 0.3) is 10.0 Å². The molecule has 0 unspecified atom stereocenters. The summed E-state index contributed by atoms with van der Waals surface area (Å²) in [7, 11) is -0.342. The summed E-state index contributed by atoms with van der Waals surface area (Å²) in [6.45, 7) is 2.33. The molecule has 1 aromatic heterocycles. The summed E-state index contributed by atoms with van der Waals surface area (Å²) in [6, 6.07) is 5.70. The van der Waals surface area contributed by atoms with Crippen molar-refractivity contribution in [3.8, 4) is 11.5 Å². The van der Waals surface area contributed by atoms with Crippen LogP contribution in [0.4, 0.5) is 0 Å². The Morgan fingerprint density at radius 3 is 2.62 bits per heavy atom. The van der Waals surface area contributed by atoms with Gasteiger partial charge in [0, 0.05) is 43.9 Å². The van der Waals surface area contributed by atoms with Crippen molar-refractivity contribution in [2.24, 2.45) is 0 Å². The van der Waals surface area contributed by atoms with Crippen molar-refractivity contribution >= 4 is 15.9 Å². The number of hydrogen-bond donors (Lipinski definition) is 0. The van der Waals surface area contributed by atoms with Gasteiger partial charge < -0.3 is 18.9 Å². The van der Waals surface area contributed by atoms with Crippen LogP contribution in [0.2, 0.25) is 0 Å². The molecule has 0 saturated carbocycles. The molecular formula is C22H30N4O5S. The molecule has 174 valence electrons. The highest BCUT2D eigenvalue weighted by Crippen LogP contribution is 2.36. The molecule has 9 nitrogen and oxygen atoms in total. The van der Waals surface area contributed by atoms with Crippen LogP contribution in [-0.2, 0) is 21.4 Å². The first kappa shape index (κ1) is 22.6. The number of benzene rings is 1. The lowest BCUT2D eigenvalue weighted by atomic mass is 9.97. The number of amides is 1. The molecule has 2 saturated heterocycles. The van der Waals surface area contributed by atoms with E-state index in [0.29, 0.717) is 26.2 Å². The SMILES string of the molecule is COc1ccc(OC)c([C@@H]2CCN(C(=O)Cn3cnc(S(=O)(=O)N4CCCCC4)c3)C2)c1. The largest absolute Gasteiger partial charge is 0.497 e. The summed E-state index contributed by atoms with van der Waals surface area (Å²) in [4.78, 5) is 18.8. The van der Waals surface area contributed by atoms with E-state index in [1.165, 1.54) is 16.8 Å². The summed E-state index contributed by atoms with van der Waals surface area (Å²) in [5.41, 5.74) is 1.03. The zero-order chi connectivity index (χ0) is 22.7. The fraction of sp³-hybridized carbons (Fsp3) is 0.545. The zero-order valence-electron chi connectivity index (χ0n) is 18.6. The normalized spacial score (nSPS) is 19.8. The summed E-state index contributed by atoms with van der Waals surface area (Å²) in [5.74, 6) is 1.63. The lowest BCUT2D eigenvalue weighted by Gasteiger charge is -2.24. The number of carbonyl (C=O) groups excluding carboxylic acids is 1. The van der Waals surface area contributed by atoms with Crippen LogP contribution in [0, 0.1) is 0 Å². The number of piperidine rings is 1. The summed E-state index contributed by atoms with van der Waals surface area (Å²) < 4.78 is 39.5. The molecule has 4 rings (SSSR count). The number of likely N-dealkylation sites (tertiary alicyclic amines) is 1. The van der Waals surface area contributed by atoms with Crippen LogP contribution in [0.3, 0.4) is 0 Å². The highest BCUT2D eigenvalue weighted by atomic mass is 32.2. The van der Waals surface area contributed by atoms with Crippen LogP contribution in [0.25, 0.3) is 0 Å². The number of imidazole rings is 1. The smallest absolute Gasteiger partial charge is 0.262 e. The predicted octanol–water partition coefficient (Wildman–Crippen LogP) is 2.09. The minimum Gasteiger partial charge on any atom is -0.497 e. The molecule has 0 N–H and O–H groups in total. The molecule has 3 heterocycles. The fourth-order valence-electron chi connectivity index (χ4n) is 4.45. The fourth-order valence-corrected chi connectivity index (χ4v) is 5.90. The average Bonchev–Trinajstić information content (AvgIpc) is 3.49. The van der Waals surface area contributed by atoms with Crippen LogP contribution in [0.5, 0.6) is 11.5 Å². The molecule has 2 aliphatic rings. The average molecular weight is 463 g/mol. The highest BCUT2D eigenvalue weighted by molar-refractivity contribution is 7.89. The van der Waals surface area contributed by atoms with Crippen LogP contribution in [0.1, 0.15) is 37.2 Å². The van der Waals surface area contributed by atoms with E-state index >= 15 is 0 Å². The van der Waals surface area contributed by atoms with E-state index in [9.17, 15) is 13.2 Å². The first-order valence-corrected chi connectivity index (χ1v) is 12.4. The topological polar surface area (TPSA) is 94.0 Å². The lowest BCUT2D eigenvalue weighted by Crippen LogP contribution is -2.35. The number of methoxy groups -OCH3 is 2. The maximum atomic E-state index is 12.9.